The molecule has 1 heterocycles. The Morgan fingerprint density at radius 1 is 1.11 bits per heavy atom. The smallest absolute Gasteiger partial charge is 0.147 e. The maximum atomic E-state index is 10.2. The molecule has 3 N–H and O–H groups in total. The molecule has 1 aromatic rings. The molecule has 0 spiro atoms. The molecule has 0 unspecified atom stereocenters. The summed E-state index contributed by atoms with van der Waals surface area (Å²) in [7, 11) is 0. The third-order valence-electron chi connectivity index (χ3n) is 3.17. The molecule has 1 rings (SSSR count). The van der Waals surface area contributed by atoms with Crippen LogP contribution >= 0.6 is 23.2 Å². The van der Waals surface area contributed by atoms with Gasteiger partial charge in [0, 0.05) is 13.1 Å². The molecule has 108 valence electrons. The van der Waals surface area contributed by atoms with Crippen molar-refractivity contribution in [2.24, 2.45) is 0 Å². The Balaban J connectivity index is 2.86. The third kappa shape index (κ3) is 4.41. The van der Waals surface area contributed by atoms with E-state index in [1.807, 2.05) is 20.8 Å². The monoisotopic (exact) mass is 305 g/mol. The van der Waals surface area contributed by atoms with Crippen molar-refractivity contribution in [1.82, 2.24) is 4.98 Å². The molecule has 0 bridgehead atoms. The van der Waals surface area contributed by atoms with E-state index in [0.717, 1.165) is 6.54 Å². The van der Waals surface area contributed by atoms with Crippen LogP contribution in [-0.4, -0.2) is 28.8 Å². The Morgan fingerprint density at radius 3 is 2.11 bits per heavy atom. The van der Waals surface area contributed by atoms with E-state index < -0.39 is 5.60 Å². The summed E-state index contributed by atoms with van der Waals surface area (Å²) in [4.78, 5) is 4.34. The summed E-state index contributed by atoms with van der Waals surface area (Å²) in [6, 6.07) is 1.65. The van der Waals surface area contributed by atoms with Gasteiger partial charge in [0.25, 0.3) is 0 Å². The Morgan fingerprint density at radius 2 is 1.63 bits per heavy atom. The normalized spacial score (nSPS) is 11.5. The highest BCUT2D eigenvalue weighted by molar-refractivity contribution is 6.37. The van der Waals surface area contributed by atoms with Gasteiger partial charge in [-0.2, -0.15) is 0 Å². The second-order valence-electron chi connectivity index (χ2n) is 4.46. The third-order valence-corrected chi connectivity index (χ3v) is 3.75. The van der Waals surface area contributed by atoms with Gasteiger partial charge >= 0.3 is 0 Å². The van der Waals surface area contributed by atoms with Gasteiger partial charge in [-0.3, -0.25) is 0 Å². The highest BCUT2D eigenvalue weighted by Gasteiger charge is 2.22. The molecule has 0 fully saturated rings. The number of pyridine rings is 1. The van der Waals surface area contributed by atoms with Crippen LogP contribution in [0.1, 0.15) is 33.6 Å². The van der Waals surface area contributed by atoms with Crippen LogP contribution in [0.2, 0.25) is 10.0 Å². The second-order valence-corrected chi connectivity index (χ2v) is 5.28. The zero-order valence-corrected chi connectivity index (χ0v) is 13.1. The van der Waals surface area contributed by atoms with Crippen LogP contribution in [0.15, 0.2) is 6.07 Å². The van der Waals surface area contributed by atoms with Crippen LogP contribution in [0.4, 0.5) is 11.6 Å². The van der Waals surface area contributed by atoms with E-state index in [-0.39, 0.29) is 0 Å². The molecule has 0 atom stereocenters. The predicted octanol–water partition coefficient (Wildman–Crippen LogP) is 3.78. The number of hydrogen-bond donors (Lipinski definition) is 3. The molecule has 0 aliphatic rings. The molecule has 0 aromatic carbocycles. The topological polar surface area (TPSA) is 57.2 Å². The molecular formula is C13H21Cl2N3O. The van der Waals surface area contributed by atoms with E-state index in [4.69, 9.17) is 23.2 Å². The molecule has 0 saturated carbocycles. The Kier molecular flexibility index (Phi) is 6.17. The average molecular weight is 306 g/mol. The number of nitrogens with one attached hydrogen (secondary N) is 2. The number of anilines is 2. The fraction of sp³-hybridized carbons (Fsp3) is 0.615. The Hall–Kier alpha value is -0.710. The minimum atomic E-state index is -0.747. The maximum absolute atomic E-state index is 10.2. The van der Waals surface area contributed by atoms with Crippen molar-refractivity contribution in [3.63, 3.8) is 0 Å². The number of hydrogen-bond acceptors (Lipinski definition) is 4. The lowest BCUT2D eigenvalue weighted by Crippen LogP contribution is -2.35. The quantitative estimate of drug-likeness (QED) is 0.717. The van der Waals surface area contributed by atoms with Gasteiger partial charge in [-0.25, -0.2) is 4.98 Å². The first-order valence-electron chi connectivity index (χ1n) is 6.52. The number of aliphatic hydroxyl groups is 1. The van der Waals surface area contributed by atoms with Gasteiger partial charge in [-0.15, -0.1) is 0 Å². The van der Waals surface area contributed by atoms with Gasteiger partial charge in [0.2, 0.25) is 0 Å². The van der Waals surface area contributed by atoms with Crippen molar-refractivity contribution in [3.05, 3.63) is 16.1 Å². The number of rotatable bonds is 7. The molecule has 0 amide bonds. The first kappa shape index (κ1) is 16.3. The largest absolute Gasteiger partial charge is 0.388 e. The average Bonchev–Trinajstić information content (AvgIpc) is 2.40. The molecule has 0 saturated heterocycles. The number of halogens is 2. The Bertz CT molecular complexity index is 423. The molecular weight excluding hydrogens is 285 g/mol. The van der Waals surface area contributed by atoms with E-state index >= 15 is 0 Å². The van der Waals surface area contributed by atoms with E-state index in [2.05, 4.69) is 15.6 Å². The highest BCUT2D eigenvalue weighted by Crippen LogP contribution is 2.29. The SMILES string of the molecule is CCNc1nc(NCC(O)(CC)CC)c(Cl)cc1Cl. The fourth-order valence-corrected chi connectivity index (χ4v) is 2.12. The molecule has 4 nitrogen and oxygen atoms in total. The van der Waals surface area contributed by atoms with Crippen molar-refractivity contribution in [2.75, 3.05) is 23.7 Å². The molecule has 0 aliphatic carbocycles. The van der Waals surface area contributed by atoms with Crippen LogP contribution in [0.25, 0.3) is 0 Å². The summed E-state index contributed by atoms with van der Waals surface area (Å²) in [5.41, 5.74) is -0.747. The molecule has 0 radical (unpaired) electrons. The standard InChI is InChI=1S/C13H21Cl2N3O/c1-4-13(19,5-2)8-17-12-10(15)7-9(14)11(18-12)16-6-3/h7,19H,4-6,8H2,1-3H3,(H2,16,17,18). The van der Waals surface area contributed by atoms with Gasteiger partial charge in [0.15, 0.2) is 0 Å². The summed E-state index contributed by atoms with van der Waals surface area (Å²) >= 11 is 12.1. The predicted molar refractivity (Wildman–Crippen MR) is 82.4 cm³/mol. The minimum absolute atomic E-state index is 0.403. The zero-order valence-electron chi connectivity index (χ0n) is 11.6. The van der Waals surface area contributed by atoms with E-state index in [0.29, 0.717) is 41.1 Å². The van der Waals surface area contributed by atoms with Crippen LogP contribution in [0, 0.1) is 0 Å². The summed E-state index contributed by atoms with van der Waals surface area (Å²) in [5, 5.41) is 17.3. The fourth-order valence-electron chi connectivity index (χ4n) is 1.63. The first-order chi connectivity index (χ1) is 8.95. The van der Waals surface area contributed by atoms with Crippen LogP contribution in [0.3, 0.4) is 0 Å². The van der Waals surface area contributed by atoms with E-state index in [1.165, 1.54) is 0 Å². The van der Waals surface area contributed by atoms with Gasteiger partial charge in [-0.1, -0.05) is 37.0 Å². The van der Waals surface area contributed by atoms with Crippen molar-refractivity contribution < 1.29 is 5.11 Å². The number of nitrogens with zero attached hydrogens (tertiary/aromatic N) is 1. The van der Waals surface area contributed by atoms with Crippen LogP contribution in [0.5, 0.6) is 0 Å². The van der Waals surface area contributed by atoms with Crippen molar-refractivity contribution in [3.8, 4) is 0 Å². The van der Waals surface area contributed by atoms with Crippen molar-refractivity contribution in [1.29, 1.82) is 0 Å². The lowest BCUT2D eigenvalue weighted by atomic mass is 9.98. The number of aromatic nitrogens is 1. The molecule has 6 heteroatoms. The molecule has 0 aliphatic heterocycles. The van der Waals surface area contributed by atoms with Crippen LogP contribution in [-0.2, 0) is 0 Å². The Labute approximate surface area is 124 Å². The summed E-state index contributed by atoms with van der Waals surface area (Å²) < 4.78 is 0. The highest BCUT2D eigenvalue weighted by atomic mass is 35.5. The van der Waals surface area contributed by atoms with Gasteiger partial charge < -0.3 is 15.7 Å². The summed E-state index contributed by atoms with van der Waals surface area (Å²) in [6.45, 7) is 6.99. The molecule has 1 aromatic heterocycles. The maximum Gasteiger partial charge on any atom is 0.147 e. The molecule has 19 heavy (non-hydrogen) atoms. The van der Waals surface area contributed by atoms with Gasteiger partial charge in [-0.05, 0) is 25.8 Å². The zero-order chi connectivity index (χ0) is 14.5. The second kappa shape index (κ2) is 7.17. The summed E-state index contributed by atoms with van der Waals surface area (Å²) in [5.74, 6) is 1.12. The van der Waals surface area contributed by atoms with E-state index in [9.17, 15) is 5.11 Å². The van der Waals surface area contributed by atoms with Gasteiger partial charge in [0.05, 0.1) is 15.6 Å². The lowest BCUT2D eigenvalue weighted by Gasteiger charge is -2.26. The van der Waals surface area contributed by atoms with Gasteiger partial charge in [0.1, 0.15) is 11.6 Å². The minimum Gasteiger partial charge on any atom is -0.388 e. The van der Waals surface area contributed by atoms with Crippen LogP contribution < -0.4 is 10.6 Å². The van der Waals surface area contributed by atoms with Crippen molar-refractivity contribution in [2.45, 2.75) is 39.2 Å². The lowest BCUT2D eigenvalue weighted by molar-refractivity contribution is 0.0456. The van der Waals surface area contributed by atoms with Crippen molar-refractivity contribution >= 4 is 34.8 Å². The van der Waals surface area contributed by atoms with E-state index in [1.54, 1.807) is 6.07 Å². The summed E-state index contributed by atoms with van der Waals surface area (Å²) in [6.07, 6.45) is 1.34. The first-order valence-corrected chi connectivity index (χ1v) is 7.27.